The number of hydrogen-bond acceptors (Lipinski definition) is 5. The predicted molar refractivity (Wildman–Crippen MR) is 64.4 cm³/mol. The molecule has 0 aliphatic carbocycles. The third kappa shape index (κ3) is 8.03. The van der Waals surface area contributed by atoms with Gasteiger partial charge in [0.15, 0.2) is 0 Å². The summed E-state index contributed by atoms with van der Waals surface area (Å²) in [4.78, 5) is 0. The van der Waals surface area contributed by atoms with Gasteiger partial charge in [0.1, 0.15) is 9.84 Å². The fourth-order valence-corrected chi connectivity index (χ4v) is 4.12. The average molecular weight is 272 g/mol. The average Bonchev–Trinajstić information content (AvgIpc) is 2.13. The van der Waals surface area contributed by atoms with E-state index in [9.17, 15) is 16.8 Å². The summed E-state index contributed by atoms with van der Waals surface area (Å²) in [5.74, 6) is -0.756. The van der Waals surface area contributed by atoms with Crippen LogP contribution < -0.4 is 10.5 Å². The molecular weight excluding hydrogens is 252 g/mol. The van der Waals surface area contributed by atoms with Crippen LogP contribution in [0.2, 0.25) is 0 Å². The van der Waals surface area contributed by atoms with Crippen LogP contribution in [0.4, 0.5) is 0 Å². The van der Waals surface area contributed by atoms with Gasteiger partial charge in [-0.05, 0) is 19.4 Å². The van der Waals surface area contributed by atoms with Crippen LogP contribution in [-0.4, -0.2) is 47.2 Å². The molecule has 3 N–H and O–H groups in total. The quantitative estimate of drug-likeness (QED) is 0.594. The second-order valence-corrected chi connectivity index (χ2v) is 7.88. The lowest BCUT2D eigenvalue weighted by atomic mass is 10.2. The van der Waals surface area contributed by atoms with Gasteiger partial charge in [0, 0.05) is 12.3 Å². The fourth-order valence-electron chi connectivity index (χ4n) is 1.12. The van der Waals surface area contributed by atoms with E-state index in [-0.39, 0.29) is 11.8 Å². The van der Waals surface area contributed by atoms with Gasteiger partial charge in [0.25, 0.3) is 0 Å². The highest BCUT2D eigenvalue weighted by atomic mass is 32.2. The van der Waals surface area contributed by atoms with E-state index < -0.39 is 25.6 Å². The number of nitrogens with one attached hydrogen (secondary N) is 1. The topological polar surface area (TPSA) is 106 Å². The number of sulfone groups is 1. The Labute approximate surface area is 97.6 Å². The number of hydrogen-bond donors (Lipinski definition) is 2. The molecule has 0 amide bonds. The van der Waals surface area contributed by atoms with Crippen molar-refractivity contribution in [3.63, 3.8) is 0 Å². The molecule has 0 aliphatic heterocycles. The monoisotopic (exact) mass is 272 g/mol. The van der Waals surface area contributed by atoms with Gasteiger partial charge in [0.05, 0.1) is 11.5 Å². The van der Waals surface area contributed by atoms with Crippen molar-refractivity contribution in [2.24, 2.45) is 5.73 Å². The zero-order chi connectivity index (χ0) is 12.8. The van der Waals surface area contributed by atoms with Gasteiger partial charge in [-0.1, -0.05) is 6.92 Å². The highest BCUT2D eigenvalue weighted by Gasteiger charge is 2.18. The first-order valence-electron chi connectivity index (χ1n) is 5.08. The normalized spacial score (nSPS) is 14.9. The van der Waals surface area contributed by atoms with Gasteiger partial charge >= 0.3 is 0 Å². The summed E-state index contributed by atoms with van der Waals surface area (Å²) in [6.45, 7) is 2.24. The maximum absolute atomic E-state index is 11.5. The number of rotatable bonds is 8. The Morgan fingerprint density at radius 2 is 1.75 bits per heavy atom. The van der Waals surface area contributed by atoms with Crippen molar-refractivity contribution in [3.05, 3.63) is 0 Å². The lowest BCUT2D eigenvalue weighted by Gasteiger charge is -2.15. The zero-order valence-electron chi connectivity index (χ0n) is 9.64. The van der Waals surface area contributed by atoms with Crippen LogP contribution in [0, 0.1) is 0 Å². The Balaban J connectivity index is 4.34. The molecule has 6 nitrogen and oxygen atoms in total. The smallest absolute Gasteiger partial charge is 0.212 e. The van der Waals surface area contributed by atoms with Crippen LogP contribution in [0.25, 0.3) is 0 Å². The predicted octanol–water partition coefficient (Wildman–Crippen LogP) is -0.922. The molecule has 0 aliphatic rings. The Morgan fingerprint density at radius 1 is 1.19 bits per heavy atom. The standard InChI is InChI=1S/C8H20N2O4S2/c1-3-8(4-5-9)10-16(13,14)7-6-15(2,11)12/h8,10H,3-7,9H2,1-2H3. The lowest BCUT2D eigenvalue weighted by Crippen LogP contribution is -2.38. The second kappa shape index (κ2) is 6.53. The van der Waals surface area contributed by atoms with Gasteiger partial charge in [-0.25, -0.2) is 21.6 Å². The summed E-state index contributed by atoms with van der Waals surface area (Å²) in [6, 6.07) is -0.213. The van der Waals surface area contributed by atoms with Crippen molar-refractivity contribution < 1.29 is 16.8 Å². The Bertz CT molecular complexity index is 388. The molecule has 1 atom stereocenters. The van der Waals surface area contributed by atoms with Crippen molar-refractivity contribution in [2.45, 2.75) is 25.8 Å². The molecule has 0 spiro atoms. The summed E-state index contributed by atoms with van der Waals surface area (Å²) >= 11 is 0. The molecular formula is C8H20N2O4S2. The lowest BCUT2D eigenvalue weighted by molar-refractivity contribution is 0.521. The molecule has 0 aromatic heterocycles. The van der Waals surface area contributed by atoms with E-state index in [1.807, 2.05) is 6.92 Å². The summed E-state index contributed by atoms with van der Waals surface area (Å²) in [5, 5.41) is 0. The van der Waals surface area contributed by atoms with Gasteiger partial charge in [0.2, 0.25) is 10.0 Å². The maximum Gasteiger partial charge on any atom is 0.212 e. The third-order valence-electron chi connectivity index (χ3n) is 2.08. The van der Waals surface area contributed by atoms with E-state index >= 15 is 0 Å². The highest BCUT2D eigenvalue weighted by molar-refractivity contribution is 7.93. The molecule has 0 fully saturated rings. The summed E-state index contributed by atoms with van der Waals surface area (Å²) in [7, 11) is -6.79. The maximum atomic E-state index is 11.5. The van der Waals surface area contributed by atoms with Gasteiger partial charge in [-0.2, -0.15) is 0 Å². The Kier molecular flexibility index (Phi) is 6.46. The Hall–Kier alpha value is -0.180. The first-order valence-corrected chi connectivity index (χ1v) is 8.79. The molecule has 16 heavy (non-hydrogen) atoms. The van der Waals surface area contributed by atoms with E-state index in [0.29, 0.717) is 19.4 Å². The molecule has 1 unspecified atom stereocenters. The molecule has 0 aromatic carbocycles. The fraction of sp³-hybridized carbons (Fsp3) is 1.00. The number of sulfonamides is 1. The largest absolute Gasteiger partial charge is 0.330 e. The van der Waals surface area contributed by atoms with Gasteiger partial charge < -0.3 is 5.73 Å². The van der Waals surface area contributed by atoms with Crippen LogP contribution >= 0.6 is 0 Å². The van der Waals surface area contributed by atoms with E-state index in [2.05, 4.69) is 4.72 Å². The first-order chi connectivity index (χ1) is 7.20. The van der Waals surface area contributed by atoms with E-state index in [0.717, 1.165) is 6.26 Å². The molecule has 8 heteroatoms. The molecule has 0 bridgehead atoms. The Morgan fingerprint density at radius 3 is 2.12 bits per heavy atom. The third-order valence-corrected chi connectivity index (χ3v) is 4.72. The van der Waals surface area contributed by atoms with Crippen LogP contribution in [0.3, 0.4) is 0 Å². The van der Waals surface area contributed by atoms with Crippen LogP contribution in [0.15, 0.2) is 0 Å². The van der Waals surface area contributed by atoms with Crippen molar-refractivity contribution in [2.75, 3.05) is 24.3 Å². The highest BCUT2D eigenvalue weighted by Crippen LogP contribution is 2.00. The molecule has 0 rings (SSSR count). The molecule has 0 saturated carbocycles. The van der Waals surface area contributed by atoms with Crippen LogP contribution in [-0.2, 0) is 19.9 Å². The first kappa shape index (κ1) is 15.8. The zero-order valence-corrected chi connectivity index (χ0v) is 11.3. The molecule has 0 heterocycles. The van der Waals surface area contributed by atoms with Crippen molar-refractivity contribution >= 4 is 19.9 Å². The van der Waals surface area contributed by atoms with Crippen molar-refractivity contribution in [1.29, 1.82) is 0 Å². The second-order valence-electron chi connectivity index (χ2n) is 3.75. The van der Waals surface area contributed by atoms with E-state index in [4.69, 9.17) is 5.73 Å². The van der Waals surface area contributed by atoms with Gasteiger partial charge in [-0.15, -0.1) is 0 Å². The summed E-state index contributed by atoms with van der Waals surface area (Å²) in [5.41, 5.74) is 5.34. The van der Waals surface area contributed by atoms with Crippen LogP contribution in [0.1, 0.15) is 19.8 Å². The van der Waals surface area contributed by atoms with Crippen molar-refractivity contribution in [1.82, 2.24) is 4.72 Å². The molecule has 98 valence electrons. The molecule has 0 aromatic rings. The van der Waals surface area contributed by atoms with E-state index in [1.54, 1.807) is 0 Å². The van der Waals surface area contributed by atoms with Gasteiger partial charge in [-0.3, -0.25) is 0 Å². The molecule has 0 saturated heterocycles. The van der Waals surface area contributed by atoms with Crippen LogP contribution in [0.5, 0.6) is 0 Å². The van der Waals surface area contributed by atoms with Crippen molar-refractivity contribution in [3.8, 4) is 0 Å². The summed E-state index contributed by atoms with van der Waals surface area (Å²) in [6.07, 6.45) is 2.20. The minimum Gasteiger partial charge on any atom is -0.330 e. The number of nitrogens with two attached hydrogens (primary N) is 1. The summed E-state index contributed by atoms with van der Waals surface area (Å²) < 4.78 is 47.1. The van der Waals surface area contributed by atoms with E-state index in [1.165, 1.54) is 0 Å². The molecule has 0 radical (unpaired) electrons. The minimum absolute atomic E-state index is 0.213. The SMILES string of the molecule is CCC(CCN)NS(=O)(=O)CCS(C)(=O)=O. The minimum atomic E-state index is -3.53.